The zero-order valence-corrected chi connectivity index (χ0v) is 18.6. The molecule has 0 aromatic heterocycles. The fourth-order valence-corrected chi connectivity index (χ4v) is 3.76. The van der Waals surface area contributed by atoms with Gasteiger partial charge in [-0.15, -0.1) is 24.0 Å². The summed E-state index contributed by atoms with van der Waals surface area (Å²) in [6, 6.07) is 9.47. The Morgan fingerprint density at radius 3 is 2.58 bits per heavy atom. The maximum Gasteiger partial charge on any atom is 0.193 e. The number of halogens is 1. The molecular formula is C20H33IN4O. The molecule has 6 heteroatoms. The first-order chi connectivity index (χ1) is 12.2. The van der Waals surface area contributed by atoms with Gasteiger partial charge in [0.2, 0.25) is 0 Å². The Hall–Kier alpha value is -0.860. The summed E-state index contributed by atoms with van der Waals surface area (Å²) < 4.78 is 5.48. The molecule has 0 saturated carbocycles. The third kappa shape index (κ3) is 5.57. The van der Waals surface area contributed by atoms with Crippen LogP contribution in [0.25, 0.3) is 0 Å². The van der Waals surface area contributed by atoms with Crippen molar-refractivity contribution in [2.45, 2.75) is 32.2 Å². The van der Waals surface area contributed by atoms with Crippen LogP contribution in [0.4, 0.5) is 0 Å². The number of nitrogens with zero attached hydrogens (tertiary/aromatic N) is 3. The highest BCUT2D eigenvalue weighted by Crippen LogP contribution is 2.18. The Bertz CT molecular complexity index is 572. The van der Waals surface area contributed by atoms with Crippen LogP contribution < -0.4 is 5.32 Å². The van der Waals surface area contributed by atoms with E-state index in [0.717, 1.165) is 51.9 Å². The van der Waals surface area contributed by atoms with Crippen molar-refractivity contribution < 1.29 is 4.74 Å². The van der Waals surface area contributed by atoms with Crippen molar-refractivity contribution >= 4 is 29.9 Å². The average molecular weight is 472 g/mol. The zero-order valence-electron chi connectivity index (χ0n) is 16.3. The van der Waals surface area contributed by atoms with Crippen LogP contribution in [0.5, 0.6) is 0 Å². The third-order valence-electron chi connectivity index (χ3n) is 5.45. The Kier molecular flexibility index (Phi) is 8.63. The van der Waals surface area contributed by atoms with Crippen LogP contribution in [-0.4, -0.2) is 74.8 Å². The van der Waals surface area contributed by atoms with E-state index in [2.05, 4.69) is 58.2 Å². The molecule has 2 aliphatic heterocycles. The first-order valence-corrected chi connectivity index (χ1v) is 9.51. The first-order valence-electron chi connectivity index (χ1n) is 9.51. The highest BCUT2D eigenvalue weighted by atomic mass is 127. The highest BCUT2D eigenvalue weighted by Gasteiger charge is 2.30. The van der Waals surface area contributed by atoms with E-state index >= 15 is 0 Å². The van der Waals surface area contributed by atoms with Crippen LogP contribution in [0.15, 0.2) is 29.3 Å². The van der Waals surface area contributed by atoms with Crippen LogP contribution in [0.1, 0.15) is 30.4 Å². The molecule has 2 fully saturated rings. The molecular weight excluding hydrogens is 439 g/mol. The number of nitrogens with one attached hydrogen (secondary N) is 1. The second kappa shape index (κ2) is 10.5. The number of benzene rings is 1. The minimum absolute atomic E-state index is 0. The Balaban J connectivity index is 0.00000243. The summed E-state index contributed by atoms with van der Waals surface area (Å²) in [5, 5.41) is 3.58. The van der Waals surface area contributed by atoms with Gasteiger partial charge in [0.05, 0.1) is 13.2 Å². The van der Waals surface area contributed by atoms with Crippen molar-refractivity contribution in [2.24, 2.45) is 4.99 Å². The van der Waals surface area contributed by atoms with Crippen LogP contribution in [0, 0.1) is 6.92 Å². The van der Waals surface area contributed by atoms with Crippen LogP contribution in [0.2, 0.25) is 0 Å². The number of hydrogen-bond donors (Lipinski definition) is 1. The van der Waals surface area contributed by atoms with Crippen LogP contribution >= 0.6 is 24.0 Å². The first kappa shape index (κ1) is 21.4. The summed E-state index contributed by atoms with van der Waals surface area (Å²) in [4.78, 5) is 9.50. The molecule has 2 atom stereocenters. The summed E-state index contributed by atoms with van der Waals surface area (Å²) in [5.74, 6) is 1.50. The lowest BCUT2D eigenvalue weighted by Gasteiger charge is -2.32. The predicted molar refractivity (Wildman–Crippen MR) is 119 cm³/mol. The fourth-order valence-electron chi connectivity index (χ4n) is 3.76. The van der Waals surface area contributed by atoms with Gasteiger partial charge < -0.3 is 15.0 Å². The molecule has 0 spiro atoms. The van der Waals surface area contributed by atoms with Crippen molar-refractivity contribution in [3.63, 3.8) is 0 Å². The lowest BCUT2D eigenvalue weighted by atomic mass is 10.0. The normalized spacial score (nSPS) is 22.8. The minimum Gasteiger partial charge on any atom is -0.379 e. The van der Waals surface area contributed by atoms with Crippen molar-refractivity contribution in [3.05, 3.63) is 35.4 Å². The average Bonchev–Trinajstić information content (AvgIpc) is 3.13. The number of morpholine rings is 1. The molecule has 2 aliphatic rings. The van der Waals surface area contributed by atoms with E-state index in [0.29, 0.717) is 12.0 Å². The number of aryl methyl sites for hydroxylation is 1. The van der Waals surface area contributed by atoms with Gasteiger partial charge in [0.25, 0.3) is 0 Å². The lowest BCUT2D eigenvalue weighted by Crippen LogP contribution is -2.47. The Morgan fingerprint density at radius 2 is 1.92 bits per heavy atom. The van der Waals surface area contributed by atoms with Crippen molar-refractivity contribution in [2.75, 3.05) is 53.0 Å². The van der Waals surface area contributed by atoms with E-state index in [1.54, 1.807) is 0 Å². The molecule has 2 unspecified atom stereocenters. The van der Waals surface area contributed by atoms with E-state index in [4.69, 9.17) is 4.74 Å². The maximum atomic E-state index is 5.48. The molecule has 0 radical (unpaired) electrons. The fraction of sp³-hybridized carbons (Fsp3) is 0.650. The molecule has 5 nitrogen and oxygen atoms in total. The molecule has 1 aromatic rings. The van der Waals surface area contributed by atoms with E-state index < -0.39 is 0 Å². The molecule has 146 valence electrons. The maximum absolute atomic E-state index is 5.48. The van der Waals surface area contributed by atoms with Crippen molar-refractivity contribution in [1.29, 1.82) is 0 Å². The summed E-state index contributed by atoms with van der Waals surface area (Å²) >= 11 is 0. The van der Waals surface area contributed by atoms with E-state index in [-0.39, 0.29) is 24.0 Å². The standard InChI is InChI=1S/C20H32N4O.HI/c1-16-4-6-18(7-5-16)17(2)14-22-20(21-3)24-9-8-19(15-24)23-10-12-25-13-11-23;/h4-7,17,19H,8-15H2,1-3H3,(H,21,22);1H. The molecule has 1 aromatic carbocycles. The third-order valence-corrected chi connectivity index (χ3v) is 5.45. The largest absolute Gasteiger partial charge is 0.379 e. The minimum atomic E-state index is 0. The second-order valence-corrected chi connectivity index (χ2v) is 7.28. The Labute approximate surface area is 175 Å². The summed E-state index contributed by atoms with van der Waals surface area (Å²) in [5.41, 5.74) is 2.69. The van der Waals surface area contributed by atoms with E-state index in [1.807, 2.05) is 7.05 Å². The number of likely N-dealkylation sites (tertiary alicyclic amines) is 1. The van der Waals surface area contributed by atoms with Gasteiger partial charge in [0, 0.05) is 45.8 Å². The van der Waals surface area contributed by atoms with Gasteiger partial charge in [-0.1, -0.05) is 36.8 Å². The molecule has 0 aliphatic carbocycles. The number of ether oxygens (including phenoxy) is 1. The van der Waals surface area contributed by atoms with E-state index in [1.165, 1.54) is 17.5 Å². The molecule has 1 N–H and O–H groups in total. The van der Waals surface area contributed by atoms with Gasteiger partial charge in [-0.25, -0.2) is 0 Å². The molecule has 26 heavy (non-hydrogen) atoms. The number of aliphatic imine (C=N–C) groups is 1. The van der Waals surface area contributed by atoms with Gasteiger partial charge >= 0.3 is 0 Å². The lowest BCUT2D eigenvalue weighted by molar-refractivity contribution is 0.0195. The van der Waals surface area contributed by atoms with Gasteiger partial charge in [-0.3, -0.25) is 9.89 Å². The summed E-state index contributed by atoms with van der Waals surface area (Å²) in [7, 11) is 1.89. The predicted octanol–water partition coefficient (Wildman–Crippen LogP) is 2.70. The monoisotopic (exact) mass is 472 g/mol. The van der Waals surface area contributed by atoms with Gasteiger partial charge in [0.1, 0.15) is 0 Å². The molecule has 0 amide bonds. The molecule has 3 rings (SSSR count). The number of hydrogen-bond acceptors (Lipinski definition) is 3. The van der Waals surface area contributed by atoms with Gasteiger partial charge in [-0.05, 0) is 24.8 Å². The smallest absolute Gasteiger partial charge is 0.193 e. The van der Waals surface area contributed by atoms with Crippen molar-refractivity contribution in [1.82, 2.24) is 15.1 Å². The number of guanidine groups is 1. The SMILES string of the molecule is CN=C(NCC(C)c1ccc(C)cc1)N1CCC(N2CCOCC2)C1.I. The molecule has 0 bridgehead atoms. The number of rotatable bonds is 4. The van der Waals surface area contributed by atoms with E-state index in [9.17, 15) is 0 Å². The van der Waals surface area contributed by atoms with Gasteiger partial charge in [0.15, 0.2) is 5.96 Å². The Morgan fingerprint density at radius 1 is 1.23 bits per heavy atom. The second-order valence-electron chi connectivity index (χ2n) is 7.28. The van der Waals surface area contributed by atoms with Crippen molar-refractivity contribution in [3.8, 4) is 0 Å². The molecule has 2 saturated heterocycles. The van der Waals surface area contributed by atoms with Crippen LogP contribution in [-0.2, 0) is 4.74 Å². The summed E-state index contributed by atoms with van der Waals surface area (Å²) in [6.07, 6.45) is 1.22. The summed E-state index contributed by atoms with van der Waals surface area (Å²) in [6.45, 7) is 11.3. The zero-order chi connectivity index (χ0) is 17.6. The quantitative estimate of drug-likeness (QED) is 0.416. The van der Waals surface area contributed by atoms with Gasteiger partial charge in [-0.2, -0.15) is 0 Å². The highest BCUT2D eigenvalue weighted by molar-refractivity contribution is 14.0. The topological polar surface area (TPSA) is 40.1 Å². The van der Waals surface area contributed by atoms with Crippen LogP contribution in [0.3, 0.4) is 0 Å². The molecule has 2 heterocycles.